The molecule has 400 valence electrons. The van der Waals surface area contributed by atoms with Crippen LogP contribution in [0, 0.1) is 0 Å². The Morgan fingerprint density at radius 2 is 0.735 bits per heavy atom. The van der Waals surface area contributed by atoms with Gasteiger partial charge in [-0.25, -0.2) is 0 Å². The number of ether oxygens (including phenoxy) is 1. The lowest BCUT2D eigenvalue weighted by Crippen LogP contribution is -2.45. The number of aliphatic hydroxyl groups is 2. The lowest BCUT2D eigenvalue weighted by Gasteiger charge is -2.20. The summed E-state index contributed by atoms with van der Waals surface area (Å²) in [6, 6.07) is -0.630. The molecule has 3 N–H and O–H groups in total. The number of unbranched alkanes of at least 4 members (excludes halogenated alkanes) is 41. The number of rotatable bonds is 56. The summed E-state index contributed by atoms with van der Waals surface area (Å²) >= 11 is 0. The smallest absolute Gasteiger partial charge is 0.305 e. The summed E-state index contributed by atoms with van der Waals surface area (Å²) in [4.78, 5) is 24.5. The molecular weight excluding hydrogens is 839 g/mol. The summed E-state index contributed by atoms with van der Waals surface area (Å²) in [6.07, 6.45) is 71.7. The Kier molecular flexibility index (Phi) is 56.0. The van der Waals surface area contributed by atoms with Crippen LogP contribution < -0.4 is 5.32 Å². The van der Waals surface area contributed by atoms with Crippen molar-refractivity contribution < 1.29 is 24.5 Å². The van der Waals surface area contributed by atoms with Crippen LogP contribution in [0.1, 0.15) is 322 Å². The molecule has 0 aliphatic rings. The first-order valence-corrected chi connectivity index (χ1v) is 30.3. The Hall–Kier alpha value is -1.92. The molecular formula is C62H117NO5. The van der Waals surface area contributed by atoms with Crippen molar-refractivity contribution in [3.63, 3.8) is 0 Å². The molecule has 2 unspecified atom stereocenters. The van der Waals surface area contributed by atoms with E-state index in [9.17, 15) is 19.8 Å². The second kappa shape index (κ2) is 57.7. The van der Waals surface area contributed by atoms with E-state index in [0.29, 0.717) is 19.4 Å². The molecule has 1 amide bonds. The summed E-state index contributed by atoms with van der Waals surface area (Å²) in [5.74, 6) is -0.0695. The zero-order valence-corrected chi connectivity index (χ0v) is 45.6. The third-order valence-electron chi connectivity index (χ3n) is 13.9. The van der Waals surface area contributed by atoms with Crippen LogP contribution in [0.3, 0.4) is 0 Å². The van der Waals surface area contributed by atoms with Crippen molar-refractivity contribution >= 4 is 11.9 Å². The van der Waals surface area contributed by atoms with E-state index in [2.05, 4.69) is 43.5 Å². The van der Waals surface area contributed by atoms with Crippen LogP contribution in [0.2, 0.25) is 0 Å². The van der Waals surface area contributed by atoms with Gasteiger partial charge in [-0.2, -0.15) is 0 Å². The molecule has 0 aromatic heterocycles. The second-order valence-electron chi connectivity index (χ2n) is 20.7. The monoisotopic (exact) mass is 956 g/mol. The number of hydrogen-bond donors (Lipinski definition) is 3. The minimum absolute atomic E-state index is 0.000942. The molecule has 6 nitrogen and oxygen atoms in total. The Morgan fingerprint density at radius 1 is 0.412 bits per heavy atom. The molecule has 0 saturated carbocycles. The maximum Gasteiger partial charge on any atom is 0.305 e. The SMILES string of the molecule is CCCCCC/C=C\C/C=C\CCCCCCCCCC(=O)OCCCCCCCCCCCCCCCCCCCCCC(=O)NC(CO)C(O)/C=C/CCCCCCCCCCCCCC. The van der Waals surface area contributed by atoms with Gasteiger partial charge < -0.3 is 20.3 Å². The van der Waals surface area contributed by atoms with Gasteiger partial charge in [-0.3, -0.25) is 9.59 Å². The van der Waals surface area contributed by atoms with Crippen molar-refractivity contribution in [1.29, 1.82) is 0 Å². The zero-order valence-electron chi connectivity index (χ0n) is 45.6. The first kappa shape index (κ1) is 66.1. The van der Waals surface area contributed by atoms with Crippen LogP contribution in [0.15, 0.2) is 36.5 Å². The Morgan fingerprint density at radius 3 is 1.13 bits per heavy atom. The second-order valence-corrected chi connectivity index (χ2v) is 20.7. The molecule has 0 radical (unpaired) electrons. The number of allylic oxidation sites excluding steroid dienone is 5. The minimum atomic E-state index is -0.846. The van der Waals surface area contributed by atoms with Gasteiger partial charge in [0.15, 0.2) is 0 Å². The lowest BCUT2D eigenvalue weighted by atomic mass is 10.0. The number of aliphatic hydroxyl groups excluding tert-OH is 2. The highest BCUT2D eigenvalue weighted by atomic mass is 16.5. The number of carbonyl (C=O) groups is 2. The number of hydrogen-bond acceptors (Lipinski definition) is 5. The average molecular weight is 957 g/mol. The van der Waals surface area contributed by atoms with Gasteiger partial charge in [0.2, 0.25) is 5.91 Å². The van der Waals surface area contributed by atoms with E-state index in [4.69, 9.17) is 4.74 Å². The van der Waals surface area contributed by atoms with Crippen molar-refractivity contribution in [2.75, 3.05) is 13.2 Å². The van der Waals surface area contributed by atoms with Gasteiger partial charge in [0, 0.05) is 12.8 Å². The van der Waals surface area contributed by atoms with Crippen LogP contribution in [0.25, 0.3) is 0 Å². The Balaban J connectivity index is 3.41. The maximum atomic E-state index is 12.5. The Bertz CT molecular complexity index is 1100. The van der Waals surface area contributed by atoms with Gasteiger partial charge in [0.1, 0.15) is 0 Å². The van der Waals surface area contributed by atoms with E-state index < -0.39 is 12.1 Å². The molecule has 68 heavy (non-hydrogen) atoms. The fraction of sp³-hybridized carbons (Fsp3) is 0.871. The van der Waals surface area contributed by atoms with Crippen molar-refractivity contribution in [2.45, 2.75) is 334 Å². The van der Waals surface area contributed by atoms with Crippen molar-refractivity contribution in [3.8, 4) is 0 Å². The molecule has 0 bridgehead atoms. The summed E-state index contributed by atoms with van der Waals surface area (Å²) in [6.45, 7) is 4.89. The maximum absolute atomic E-state index is 12.5. The fourth-order valence-corrected chi connectivity index (χ4v) is 9.25. The van der Waals surface area contributed by atoms with E-state index in [1.165, 1.54) is 244 Å². The van der Waals surface area contributed by atoms with E-state index in [0.717, 1.165) is 51.4 Å². The van der Waals surface area contributed by atoms with Crippen LogP contribution in [0.4, 0.5) is 0 Å². The molecule has 0 aliphatic heterocycles. The van der Waals surface area contributed by atoms with Crippen molar-refractivity contribution in [1.82, 2.24) is 5.32 Å². The first-order valence-electron chi connectivity index (χ1n) is 30.3. The fourth-order valence-electron chi connectivity index (χ4n) is 9.25. The van der Waals surface area contributed by atoms with E-state index in [1.807, 2.05) is 6.08 Å². The standard InChI is InChI=1S/C62H117NO5/c1-3-5-7-9-11-13-15-17-19-20-25-28-32-36-40-44-48-52-56-62(67)68-57-53-49-45-41-37-33-29-26-23-21-22-24-27-31-35-39-43-47-51-55-61(66)63-59(58-64)60(65)54-50-46-42-38-34-30-18-16-14-12-10-8-6-4-2/h13,15,19-20,50,54,59-60,64-65H,3-12,14,16-18,21-49,51-53,55-58H2,1-2H3,(H,63,66)/b15-13-,20-19-,54-50+. The minimum Gasteiger partial charge on any atom is -0.466 e. The van der Waals surface area contributed by atoms with E-state index in [1.54, 1.807) is 6.08 Å². The van der Waals surface area contributed by atoms with Gasteiger partial charge in [0.25, 0.3) is 0 Å². The summed E-state index contributed by atoms with van der Waals surface area (Å²) in [5.41, 5.74) is 0. The number of carbonyl (C=O) groups excluding carboxylic acids is 2. The largest absolute Gasteiger partial charge is 0.466 e. The quantitative estimate of drug-likeness (QED) is 0.0321. The van der Waals surface area contributed by atoms with Gasteiger partial charge in [-0.05, 0) is 64.2 Å². The number of esters is 1. The lowest BCUT2D eigenvalue weighted by molar-refractivity contribution is -0.143. The summed E-state index contributed by atoms with van der Waals surface area (Å²) < 4.78 is 5.49. The van der Waals surface area contributed by atoms with Gasteiger partial charge in [0.05, 0.1) is 25.4 Å². The van der Waals surface area contributed by atoms with Crippen LogP contribution >= 0.6 is 0 Å². The number of amides is 1. The van der Waals surface area contributed by atoms with E-state index >= 15 is 0 Å². The summed E-state index contributed by atoms with van der Waals surface area (Å²) in [7, 11) is 0. The van der Waals surface area contributed by atoms with Crippen LogP contribution in [0.5, 0.6) is 0 Å². The third-order valence-corrected chi connectivity index (χ3v) is 13.9. The summed E-state index contributed by atoms with van der Waals surface area (Å²) in [5, 5.41) is 23.1. The predicted octanol–water partition coefficient (Wildman–Crippen LogP) is 18.8. The third kappa shape index (κ3) is 53.4. The average Bonchev–Trinajstić information content (AvgIpc) is 3.34. The molecule has 0 rings (SSSR count). The molecule has 0 fully saturated rings. The highest BCUT2D eigenvalue weighted by Gasteiger charge is 2.18. The first-order chi connectivity index (χ1) is 33.5. The van der Waals surface area contributed by atoms with Crippen molar-refractivity contribution in [3.05, 3.63) is 36.5 Å². The van der Waals surface area contributed by atoms with Crippen LogP contribution in [-0.4, -0.2) is 47.4 Å². The van der Waals surface area contributed by atoms with Gasteiger partial charge in [-0.15, -0.1) is 0 Å². The molecule has 0 heterocycles. The molecule has 0 saturated heterocycles. The number of nitrogens with one attached hydrogen (secondary N) is 1. The topological polar surface area (TPSA) is 95.9 Å². The predicted molar refractivity (Wildman–Crippen MR) is 296 cm³/mol. The Labute approximate surface area is 424 Å². The van der Waals surface area contributed by atoms with Crippen LogP contribution in [-0.2, 0) is 14.3 Å². The molecule has 0 aromatic rings. The molecule has 0 spiro atoms. The molecule has 0 aromatic carbocycles. The molecule has 6 heteroatoms. The highest BCUT2D eigenvalue weighted by Crippen LogP contribution is 2.17. The highest BCUT2D eigenvalue weighted by molar-refractivity contribution is 5.76. The zero-order chi connectivity index (χ0) is 49.3. The van der Waals surface area contributed by atoms with E-state index in [-0.39, 0.29) is 18.5 Å². The van der Waals surface area contributed by atoms with Gasteiger partial charge in [-0.1, -0.05) is 281 Å². The molecule has 2 atom stereocenters. The van der Waals surface area contributed by atoms with Crippen molar-refractivity contribution in [2.24, 2.45) is 0 Å². The van der Waals surface area contributed by atoms with Gasteiger partial charge >= 0.3 is 5.97 Å². The molecule has 0 aliphatic carbocycles. The normalized spacial score (nSPS) is 12.8.